The molecule has 19 heavy (non-hydrogen) atoms. The molecule has 2 aromatic rings. The topological polar surface area (TPSA) is 26.9 Å². The Kier molecular flexibility index (Phi) is 3.52. The van der Waals surface area contributed by atoms with Crippen LogP contribution in [-0.4, -0.2) is 9.13 Å². The summed E-state index contributed by atoms with van der Waals surface area (Å²) in [7, 11) is 3.58. The van der Waals surface area contributed by atoms with Crippen LogP contribution in [0.4, 0.5) is 0 Å². The second-order valence-corrected chi connectivity index (χ2v) is 6.29. The Labute approximate surface area is 118 Å². The first kappa shape index (κ1) is 14.2. The lowest BCUT2D eigenvalue weighted by Gasteiger charge is -2.29. The lowest BCUT2D eigenvalue weighted by molar-refractivity contribution is 0.336. The molecular formula is C15H21ClN2O. The number of aromatic nitrogens is 2. The fourth-order valence-electron chi connectivity index (χ4n) is 2.31. The molecule has 0 fully saturated rings. The van der Waals surface area contributed by atoms with Crippen LogP contribution in [0.5, 0.6) is 0 Å². The van der Waals surface area contributed by atoms with Gasteiger partial charge < -0.3 is 0 Å². The molecule has 0 bridgehead atoms. The van der Waals surface area contributed by atoms with Crippen molar-refractivity contribution < 1.29 is 0 Å². The van der Waals surface area contributed by atoms with E-state index >= 15 is 0 Å². The van der Waals surface area contributed by atoms with Crippen molar-refractivity contribution in [1.29, 1.82) is 0 Å². The van der Waals surface area contributed by atoms with Crippen LogP contribution in [0, 0.1) is 5.41 Å². The maximum Gasteiger partial charge on any atom is 0.328 e. The third-order valence-corrected chi connectivity index (χ3v) is 5.03. The van der Waals surface area contributed by atoms with Crippen molar-refractivity contribution in [2.45, 2.75) is 32.6 Å². The van der Waals surface area contributed by atoms with E-state index in [-0.39, 0.29) is 16.5 Å². The highest BCUT2D eigenvalue weighted by Gasteiger charge is 2.27. The molecule has 1 atom stereocenters. The molecule has 0 N–H and O–H groups in total. The summed E-state index contributed by atoms with van der Waals surface area (Å²) in [6.45, 7) is 6.48. The van der Waals surface area contributed by atoms with Crippen molar-refractivity contribution in [3.8, 4) is 0 Å². The third kappa shape index (κ3) is 2.20. The van der Waals surface area contributed by atoms with Gasteiger partial charge in [0, 0.05) is 14.1 Å². The number of imidazole rings is 1. The van der Waals surface area contributed by atoms with Crippen molar-refractivity contribution >= 4 is 22.6 Å². The number of rotatable bonds is 3. The minimum Gasteiger partial charge on any atom is -0.295 e. The van der Waals surface area contributed by atoms with E-state index in [1.54, 1.807) is 23.2 Å². The Morgan fingerprint density at radius 2 is 1.79 bits per heavy atom. The van der Waals surface area contributed by atoms with Gasteiger partial charge in [-0.05, 0) is 29.5 Å². The first-order valence-electron chi connectivity index (χ1n) is 6.59. The van der Waals surface area contributed by atoms with Gasteiger partial charge in [-0.1, -0.05) is 26.8 Å². The maximum absolute atomic E-state index is 11.9. The summed E-state index contributed by atoms with van der Waals surface area (Å²) >= 11 is 6.60. The van der Waals surface area contributed by atoms with E-state index in [2.05, 4.69) is 20.8 Å². The molecule has 0 aliphatic rings. The van der Waals surface area contributed by atoms with Gasteiger partial charge in [-0.25, -0.2) is 4.79 Å². The van der Waals surface area contributed by atoms with Gasteiger partial charge in [-0.3, -0.25) is 9.13 Å². The number of hydrogen-bond acceptors (Lipinski definition) is 1. The van der Waals surface area contributed by atoms with Crippen LogP contribution in [0.1, 0.15) is 38.1 Å². The predicted octanol–water partition coefficient (Wildman–Crippen LogP) is 3.59. The average Bonchev–Trinajstić information content (AvgIpc) is 2.62. The van der Waals surface area contributed by atoms with Crippen LogP contribution in [0.15, 0.2) is 23.0 Å². The lowest BCUT2D eigenvalue weighted by Crippen LogP contribution is -2.19. The Morgan fingerprint density at radius 1 is 1.21 bits per heavy atom. The largest absolute Gasteiger partial charge is 0.328 e. The summed E-state index contributed by atoms with van der Waals surface area (Å²) in [6, 6.07) is 6.04. The zero-order valence-electron chi connectivity index (χ0n) is 12.2. The number of alkyl halides is 1. The second-order valence-electron chi connectivity index (χ2n) is 5.85. The van der Waals surface area contributed by atoms with E-state index in [0.29, 0.717) is 0 Å². The van der Waals surface area contributed by atoms with Gasteiger partial charge in [0.2, 0.25) is 0 Å². The number of hydrogen-bond donors (Lipinski definition) is 0. The summed E-state index contributed by atoms with van der Waals surface area (Å²) in [6.07, 6.45) is 1.01. The van der Waals surface area contributed by atoms with Crippen LogP contribution in [-0.2, 0) is 14.1 Å². The summed E-state index contributed by atoms with van der Waals surface area (Å²) in [4.78, 5) is 11.9. The first-order chi connectivity index (χ1) is 8.79. The Hall–Kier alpha value is -1.22. The van der Waals surface area contributed by atoms with Crippen molar-refractivity contribution in [3.05, 3.63) is 34.2 Å². The molecular weight excluding hydrogens is 260 g/mol. The van der Waals surface area contributed by atoms with Crippen molar-refractivity contribution in [3.63, 3.8) is 0 Å². The smallest absolute Gasteiger partial charge is 0.295 e. The van der Waals surface area contributed by atoms with Gasteiger partial charge in [0.1, 0.15) is 0 Å². The minimum absolute atomic E-state index is 0.00646. The highest BCUT2D eigenvalue weighted by molar-refractivity contribution is 6.21. The highest BCUT2D eigenvalue weighted by atomic mass is 35.5. The number of aryl methyl sites for hydroxylation is 2. The molecule has 1 aromatic carbocycles. The summed E-state index contributed by atoms with van der Waals surface area (Å²) < 4.78 is 3.33. The second kappa shape index (κ2) is 4.71. The van der Waals surface area contributed by atoms with E-state index in [0.717, 1.165) is 23.0 Å². The molecule has 4 heteroatoms. The molecule has 0 saturated heterocycles. The quantitative estimate of drug-likeness (QED) is 0.789. The molecule has 1 heterocycles. The van der Waals surface area contributed by atoms with E-state index in [4.69, 9.17) is 11.6 Å². The normalized spacial score (nSPS) is 14.0. The van der Waals surface area contributed by atoms with Crippen LogP contribution in [0.25, 0.3) is 11.0 Å². The van der Waals surface area contributed by atoms with Crippen molar-refractivity contribution in [1.82, 2.24) is 9.13 Å². The van der Waals surface area contributed by atoms with Crippen LogP contribution >= 0.6 is 11.6 Å². The van der Waals surface area contributed by atoms with E-state index < -0.39 is 0 Å². The standard InChI is InChI=1S/C15H21ClN2O/c1-6-15(2,3)13(16)10-7-8-11-12(9-10)18(5)14(19)17(11)4/h7-9,13H,6H2,1-5H3. The molecule has 1 unspecified atom stereocenters. The molecule has 0 amide bonds. The minimum atomic E-state index is -0.0581. The van der Waals surface area contributed by atoms with Crippen molar-refractivity contribution in [2.24, 2.45) is 19.5 Å². The molecule has 0 saturated carbocycles. The maximum atomic E-state index is 11.9. The Balaban J connectivity index is 2.60. The Morgan fingerprint density at radius 3 is 2.37 bits per heavy atom. The third-order valence-electron chi connectivity index (χ3n) is 4.19. The van der Waals surface area contributed by atoms with E-state index in [9.17, 15) is 4.79 Å². The van der Waals surface area contributed by atoms with Gasteiger partial charge in [-0.2, -0.15) is 0 Å². The highest BCUT2D eigenvalue weighted by Crippen LogP contribution is 2.41. The molecule has 2 rings (SSSR count). The predicted molar refractivity (Wildman–Crippen MR) is 80.8 cm³/mol. The summed E-state index contributed by atoms with van der Waals surface area (Å²) in [5, 5.41) is -0.0581. The summed E-state index contributed by atoms with van der Waals surface area (Å²) in [5.74, 6) is 0. The monoisotopic (exact) mass is 280 g/mol. The van der Waals surface area contributed by atoms with E-state index in [1.165, 1.54) is 0 Å². The van der Waals surface area contributed by atoms with E-state index in [1.807, 2.05) is 18.2 Å². The van der Waals surface area contributed by atoms with Crippen LogP contribution < -0.4 is 5.69 Å². The van der Waals surface area contributed by atoms with Gasteiger partial charge >= 0.3 is 5.69 Å². The average molecular weight is 281 g/mol. The van der Waals surface area contributed by atoms with Crippen molar-refractivity contribution in [2.75, 3.05) is 0 Å². The summed E-state index contributed by atoms with van der Waals surface area (Å²) in [5.41, 5.74) is 2.97. The van der Waals surface area contributed by atoms with Gasteiger partial charge in [0.05, 0.1) is 16.4 Å². The molecule has 104 valence electrons. The number of halogens is 1. The first-order valence-corrected chi connectivity index (χ1v) is 7.02. The van der Waals surface area contributed by atoms with Gasteiger partial charge in [0.25, 0.3) is 0 Å². The zero-order chi connectivity index (χ0) is 14.4. The molecule has 1 aromatic heterocycles. The van der Waals surface area contributed by atoms with Crippen LogP contribution in [0.3, 0.4) is 0 Å². The Bertz CT molecular complexity index is 667. The number of fused-ring (bicyclic) bond motifs is 1. The molecule has 0 aliphatic carbocycles. The zero-order valence-corrected chi connectivity index (χ0v) is 13.0. The molecule has 3 nitrogen and oxygen atoms in total. The fraction of sp³-hybridized carbons (Fsp3) is 0.533. The number of benzene rings is 1. The van der Waals surface area contributed by atoms with Gasteiger partial charge in [-0.15, -0.1) is 11.6 Å². The SMILES string of the molecule is CCC(C)(C)C(Cl)c1ccc2c(c1)n(C)c(=O)n2C. The van der Waals surface area contributed by atoms with Gasteiger partial charge in [0.15, 0.2) is 0 Å². The number of nitrogens with zero attached hydrogens (tertiary/aromatic N) is 2. The lowest BCUT2D eigenvalue weighted by atomic mass is 9.83. The van der Waals surface area contributed by atoms with Crippen LogP contribution in [0.2, 0.25) is 0 Å². The molecule has 0 spiro atoms. The molecule has 0 aliphatic heterocycles. The fourth-order valence-corrected chi connectivity index (χ4v) is 2.60. The molecule has 0 radical (unpaired) electrons.